The maximum atomic E-state index is 12.6. The van der Waals surface area contributed by atoms with Gasteiger partial charge in [0.15, 0.2) is 0 Å². The Morgan fingerprint density at radius 2 is 2.00 bits per heavy atom. The minimum absolute atomic E-state index is 0.205. The number of aromatic nitrogens is 1. The van der Waals surface area contributed by atoms with E-state index in [1.165, 1.54) is 12.1 Å². The number of hydrogen-bond donors (Lipinski definition) is 0. The van der Waals surface area contributed by atoms with Crippen molar-refractivity contribution in [3.63, 3.8) is 0 Å². The highest BCUT2D eigenvalue weighted by atomic mass is 19.3. The van der Waals surface area contributed by atoms with Crippen molar-refractivity contribution in [2.75, 3.05) is 0 Å². The van der Waals surface area contributed by atoms with Gasteiger partial charge in [0.05, 0.1) is 0 Å². The van der Waals surface area contributed by atoms with Crippen LogP contribution in [0.25, 0.3) is 0 Å². The Labute approximate surface area is 73.6 Å². The highest BCUT2D eigenvalue weighted by molar-refractivity contribution is 5.15. The Morgan fingerprint density at radius 1 is 1.31 bits per heavy atom. The summed E-state index contributed by atoms with van der Waals surface area (Å²) < 4.78 is 37.5. The monoisotopic (exact) mass is 187 g/mol. The summed E-state index contributed by atoms with van der Waals surface area (Å²) in [5.74, 6) is -3.45. The molecule has 1 heterocycles. The van der Waals surface area contributed by atoms with Crippen molar-refractivity contribution in [1.29, 1.82) is 0 Å². The fourth-order valence-corrected chi connectivity index (χ4v) is 1.52. The molecule has 0 radical (unpaired) electrons. The molecule has 0 unspecified atom stereocenters. The highest BCUT2D eigenvalue weighted by Gasteiger charge is 2.46. The Hall–Kier alpha value is -1.06. The second-order valence-electron chi connectivity index (χ2n) is 3.35. The molecule has 0 bridgehead atoms. The van der Waals surface area contributed by atoms with Crippen LogP contribution in [0.2, 0.25) is 0 Å². The largest absolute Gasteiger partial charge is 0.249 e. The van der Waals surface area contributed by atoms with Crippen molar-refractivity contribution in [3.05, 3.63) is 29.8 Å². The molecule has 1 aromatic heterocycles. The summed E-state index contributed by atoms with van der Waals surface area (Å²) in [6.07, 6.45) is -0.410. The smallest absolute Gasteiger partial charge is 0.225 e. The second-order valence-corrected chi connectivity index (χ2v) is 3.35. The van der Waals surface area contributed by atoms with E-state index in [0.29, 0.717) is 5.69 Å². The number of alkyl halides is 2. The van der Waals surface area contributed by atoms with Crippen LogP contribution in [0, 0.1) is 5.95 Å². The lowest BCUT2D eigenvalue weighted by Gasteiger charge is -2.34. The van der Waals surface area contributed by atoms with Gasteiger partial charge in [0.25, 0.3) is 0 Å². The molecule has 0 aliphatic heterocycles. The summed E-state index contributed by atoms with van der Waals surface area (Å²) in [5, 5.41) is 0. The van der Waals surface area contributed by atoms with Gasteiger partial charge in [0, 0.05) is 24.5 Å². The second kappa shape index (κ2) is 2.72. The van der Waals surface area contributed by atoms with E-state index in [-0.39, 0.29) is 18.8 Å². The molecule has 1 aliphatic carbocycles. The lowest BCUT2D eigenvalue weighted by molar-refractivity contribution is -0.0877. The molecular weight excluding hydrogens is 179 g/mol. The van der Waals surface area contributed by atoms with E-state index < -0.39 is 11.9 Å². The zero-order valence-electron chi connectivity index (χ0n) is 6.80. The predicted molar refractivity (Wildman–Crippen MR) is 41.1 cm³/mol. The molecule has 0 amide bonds. The molecule has 0 spiro atoms. The van der Waals surface area contributed by atoms with Crippen LogP contribution in [0.1, 0.15) is 24.5 Å². The van der Waals surface area contributed by atoms with Crippen LogP contribution < -0.4 is 0 Å². The van der Waals surface area contributed by atoms with Gasteiger partial charge in [-0.15, -0.1) is 0 Å². The van der Waals surface area contributed by atoms with Gasteiger partial charge in [-0.2, -0.15) is 4.39 Å². The zero-order valence-corrected chi connectivity index (χ0v) is 6.80. The molecule has 1 nitrogen and oxygen atoms in total. The van der Waals surface area contributed by atoms with Crippen LogP contribution in [0.4, 0.5) is 13.2 Å². The summed E-state index contributed by atoms with van der Waals surface area (Å²) in [5.41, 5.74) is 0.436. The normalized spacial score (nSPS) is 21.2. The quantitative estimate of drug-likeness (QED) is 0.616. The van der Waals surface area contributed by atoms with E-state index in [1.54, 1.807) is 6.07 Å². The van der Waals surface area contributed by atoms with Gasteiger partial charge >= 0.3 is 0 Å². The summed E-state index contributed by atoms with van der Waals surface area (Å²) in [7, 11) is 0. The maximum Gasteiger partial charge on any atom is 0.249 e. The van der Waals surface area contributed by atoms with Crippen LogP contribution >= 0.6 is 0 Å². The summed E-state index contributed by atoms with van der Waals surface area (Å²) >= 11 is 0. The fourth-order valence-electron chi connectivity index (χ4n) is 1.52. The molecule has 2 rings (SSSR count). The average Bonchev–Trinajstić information content (AvgIpc) is 2.00. The van der Waals surface area contributed by atoms with E-state index in [0.717, 1.165) is 0 Å². The molecule has 1 fully saturated rings. The summed E-state index contributed by atoms with van der Waals surface area (Å²) in [6, 6.07) is 4.29. The molecule has 13 heavy (non-hydrogen) atoms. The van der Waals surface area contributed by atoms with Gasteiger partial charge in [-0.3, -0.25) is 0 Å². The minimum Gasteiger partial charge on any atom is -0.225 e. The third-order valence-electron chi connectivity index (χ3n) is 2.25. The first-order valence-corrected chi connectivity index (χ1v) is 4.07. The molecule has 1 saturated carbocycles. The van der Waals surface area contributed by atoms with Crippen molar-refractivity contribution < 1.29 is 13.2 Å². The summed E-state index contributed by atoms with van der Waals surface area (Å²) in [4.78, 5) is 3.56. The Kier molecular flexibility index (Phi) is 1.78. The average molecular weight is 187 g/mol. The van der Waals surface area contributed by atoms with Crippen molar-refractivity contribution in [3.8, 4) is 0 Å². The van der Waals surface area contributed by atoms with Gasteiger partial charge in [-0.05, 0) is 12.1 Å². The van der Waals surface area contributed by atoms with Crippen LogP contribution in [-0.2, 0) is 0 Å². The van der Waals surface area contributed by atoms with E-state index in [2.05, 4.69) is 4.98 Å². The third-order valence-corrected chi connectivity index (χ3v) is 2.25. The Balaban J connectivity index is 2.11. The maximum absolute atomic E-state index is 12.6. The van der Waals surface area contributed by atoms with E-state index in [1.807, 2.05) is 0 Å². The van der Waals surface area contributed by atoms with Crippen LogP contribution in [0.3, 0.4) is 0 Å². The minimum atomic E-state index is -2.57. The first-order chi connectivity index (χ1) is 6.07. The SMILES string of the molecule is Fc1cccc(C2CC(F)(F)C2)n1. The summed E-state index contributed by atoms with van der Waals surface area (Å²) in [6.45, 7) is 0. The lowest BCUT2D eigenvalue weighted by atomic mass is 9.79. The van der Waals surface area contributed by atoms with E-state index in [4.69, 9.17) is 0 Å². The molecule has 0 saturated heterocycles. The zero-order chi connectivity index (χ0) is 9.47. The van der Waals surface area contributed by atoms with Crippen LogP contribution in [0.5, 0.6) is 0 Å². The van der Waals surface area contributed by atoms with E-state index >= 15 is 0 Å². The first kappa shape index (κ1) is 8.53. The van der Waals surface area contributed by atoms with Gasteiger partial charge in [0.2, 0.25) is 11.9 Å². The molecule has 0 aromatic carbocycles. The number of rotatable bonds is 1. The van der Waals surface area contributed by atoms with Gasteiger partial charge in [0.1, 0.15) is 0 Å². The molecule has 1 aromatic rings. The molecule has 0 atom stereocenters. The molecular formula is C9H8F3N. The third kappa shape index (κ3) is 1.66. The number of hydrogen-bond acceptors (Lipinski definition) is 1. The number of nitrogens with zero attached hydrogens (tertiary/aromatic N) is 1. The van der Waals surface area contributed by atoms with Gasteiger partial charge in [-0.25, -0.2) is 13.8 Å². The number of pyridine rings is 1. The van der Waals surface area contributed by atoms with Crippen molar-refractivity contribution in [2.45, 2.75) is 24.7 Å². The Bertz CT molecular complexity index is 316. The van der Waals surface area contributed by atoms with Gasteiger partial charge in [-0.1, -0.05) is 6.07 Å². The molecule has 4 heteroatoms. The van der Waals surface area contributed by atoms with Crippen molar-refractivity contribution >= 4 is 0 Å². The lowest BCUT2D eigenvalue weighted by Crippen LogP contribution is -2.34. The standard InChI is InChI=1S/C9H8F3N/c10-8-3-1-2-7(13-8)6-4-9(11,12)5-6/h1-3,6H,4-5H2. The first-order valence-electron chi connectivity index (χ1n) is 4.07. The van der Waals surface area contributed by atoms with Crippen LogP contribution in [-0.4, -0.2) is 10.9 Å². The fraction of sp³-hybridized carbons (Fsp3) is 0.444. The predicted octanol–water partition coefficient (Wildman–Crippen LogP) is 2.73. The van der Waals surface area contributed by atoms with Crippen molar-refractivity contribution in [2.24, 2.45) is 0 Å². The van der Waals surface area contributed by atoms with Crippen molar-refractivity contribution in [1.82, 2.24) is 4.98 Å². The Morgan fingerprint density at radius 3 is 2.54 bits per heavy atom. The molecule has 1 aliphatic rings. The van der Waals surface area contributed by atoms with Crippen LogP contribution in [0.15, 0.2) is 18.2 Å². The highest BCUT2D eigenvalue weighted by Crippen LogP contribution is 2.47. The molecule has 70 valence electrons. The van der Waals surface area contributed by atoms with Gasteiger partial charge < -0.3 is 0 Å². The topological polar surface area (TPSA) is 12.9 Å². The number of halogens is 3. The van der Waals surface area contributed by atoms with E-state index in [9.17, 15) is 13.2 Å². The molecule has 0 N–H and O–H groups in total.